The molecule has 8 heteroatoms. The summed E-state index contributed by atoms with van der Waals surface area (Å²) in [4.78, 5) is 7.21. The first-order chi connectivity index (χ1) is 15.6. The molecule has 1 fully saturated rings. The summed E-state index contributed by atoms with van der Waals surface area (Å²) in [5.74, 6) is 3.25. The highest BCUT2D eigenvalue weighted by atomic mass is 35.5. The van der Waals surface area contributed by atoms with Crippen LogP contribution in [-0.4, -0.2) is 58.1 Å². The monoisotopic (exact) mass is 475 g/mol. The van der Waals surface area contributed by atoms with Gasteiger partial charge in [0.05, 0.1) is 25.8 Å². The number of hydrogen-bond donors (Lipinski definition) is 1. The number of rotatable bonds is 10. The predicted molar refractivity (Wildman–Crippen MR) is 135 cm³/mol. The standard InChI is InChI=1S/C25H37N5O2.ClH/c1-18(2)29(13-14-31-3)17-23-26-25(28-27-23)21-16-30(15-19-9-6-5-7-10-19)24-20(21)11-8-12-22(24)32-4;/h8,11-12,16,18-19H,5-7,9-10,13-15,17H2,1-4H3,(H,26,27,28);1H. The van der Waals surface area contributed by atoms with Crippen LogP contribution in [0.25, 0.3) is 22.3 Å². The molecule has 0 radical (unpaired) electrons. The van der Waals surface area contributed by atoms with E-state index in [0.717, 1.165) is 59.4 Å². The van der Waals surface area contributed by atoms with E-state index in [4.69, 9.17) is 14.5 Å². The zero-order valence-corrected chi connectivity index (χ0v) is 21.2. The molecule has 1 aromatic carbocycles. The third kappa shape index (κ3) is 5.89. The van der Waals surface area contributed by atoms with Gasteiger partial charge in [0, 0.05) is 43.4 Å². The van der Waals surface area contributed by atoms with Gasteiger partial charge in [-0.1, -0.05) is 31.4 Å². The zero-order chi connectivity index (χ0) is 22.5. The van der Waals surface area contributed by atoms with Crippen LogP contribution < -0.4 is 4.74 Å². The second-order valence-electron chi connectivity index (χ2n) is 9.22. The Morgan fingerprint density at radius 1 is 1.18 bits per heavy atom. The summed E-state index contributed by atoms with van der Waals surface area (Å²) >= 11 is 0. The highest BCUT2D eigenvalue weighted by Gasteiger charge is 2.21. The first-order valence-electron chi connectivity index (χ1n) is 11.9. The van der Waals surface area contributed by atoms with Crippen LogP contribution in [-0.2, 0) is 17.8 Å². The maximum atomic E-state index is 5.74. The van der Waals surface area contributed by atoms with Gasteiger partial charge >= 0.3 is 0 Å². The number of benzene rings is 1. The van der Waals surface area contributed by atoms with Crippen molar-refractivity contribution >= 4 is 23.3 Å². The quantitative estimate of drug-likeness (QED) is 0.431. The Labute approximate surface area is 203 Å². The SMILES string of the molecule is COCCN(Cc1nc(-c2cn(CC3CCCCC3)c3c(OC)cccc23)n[nH]1)C(C)C.Cl. The minimum atomic E-state index is 0. The van der Waals surface area contributed by atoms with Crippen LogP contribution >= 0.6 is 12.4 Å². The van der Waals surface area contributed by atoms with Crippen LogP contribution in [0.15, 0.2) is 24.4 Å². The number of nitrogens with one attached hydrogen (secondary N) is 1. The Bertz CT molecular complexity index is 1010. The van der Waals surface area contributed by atoms with Crippen molar-refractivity contribution in [1.29, 1.82) is 0 Å². The molecule has 4 rings (SSSR count). The molecule has 0 bridgehead atoms. The van der Waals surface area contributed by atoms with Crippen LogP contribution in [0.1, 0.15) is 51.8 Å². The average molecular weight is 476 g/mol. The second kappa shape index (κ2) is 11.9. The molecule has 1 saturated carbocycles. The molecular formula is C25H38ClN5O2. The summed E-state index contributed by atoms with van der Waals surface area (Å²) < 4.78 is 13.4. The third-order valence-electron chi connectivity index (χ3n) is 6.70. The van der Waals surface area contributed by atoms with E-state index >= 15 is 0 Å². The van der Waals surface area contributed by atoms with E-state index in [9.17, 15) is 0 Å². The molecule has 182 valence electrons. The maximum absolute atomic E-state index is 5.74. The molecule has 1 aliphatic rings. The number of ether oxygens (including phenoxy) is 2. The van der Waals surface area contributed by atoms with E-state index < -0.39 is 0 Å². The van der Waals surface area contributed by atoms with Gasteiger partial charge in [0.25, 0.3) is 0 Å². The molecule has 7 nitrogen and oxygen atoms in total. The minimum absolute atomic E-state index is 0. The number of nitrogens with zero attached hydrogens (tertiary/aromatic N) is 4. The lowest BCUT2D eigenvalue weighted by Crippen LogP contribution is -2.33. The van der Waals surface area contributed by atoms with Crippen molar-refractivity contribution in [1.82, 2.24) is 24.6 Å². The fourth-order valence-corrected chi connectivity index (χ4v) is 4.87. The molecule has 3 aromatic rings. The fourth-order valence-electron chi connectivity index (χ4n) is 4.87. The molecule has 0 spiro atoms. The molecular weight excluding hydrogens is 438 g/mol. The highest BCUT2D eigenvalue weighted by Crippen LogP contribution is 2.36. The molecule has 0 amide bonds. The summed E-state index contributed by atoms with van der Waals surface area (Å²) in [6.45, 7) is 7.69. The van der Waals surface area contributed by atoms with Gasteiger partial charge in [-0.25, -0.2) is 4.98 Å². The Kier molecular flexibility index (Phi) is 9.18. The van der Waals surface area contributed by atoms with Gasteiger partial charge in [-0.05, 0) is 38.7 Å². The Hall–Kier alpha value is -2.09. The van der Waals surface area contributed by atoms with Gasteiger partial charge in [0.1, 0.15) is 11.6 Å². The number of hydrogen-bond acceptors (Lipinski definition) is 5. The molecule has 0 atom stereocenters. The van der Waals surface area contributed by atoms with E-state index in [1.54, 1.807) is 14.2 Å². The van der Waals surface area contributed by atoms with Crippen molar-refractivity contribution in [3.8, 4) is 17.1 Å². The third-order valence-corrected chi connectivity index (χ3v) is 6.70. The number of aromatic amines is 1. The number of para-hydroxylation sites is 1. The Morgan fingerprint density at radius 3 is 2.67 bits per heavy atom. The summed E-state index contributed by atoms with van der Waals surface area (Å²) in [7, 11) is 3.49. The van der Waals surface area contributed by atoms with Crippen LogP contribution in [0.2, 0.25) is 0 Å². The van der Waals surface area contributed by atoms with Crippen LogP contribution in [0.3, 0.4) is 0 Å². The number of aromatic nitrogens is 4. The van der Waals surface area contributed by atoms with Crippen LogP contribution in [0.5, 0.6) is 5.75 Å². The molecule has 33 heavy (non-hydrogen) atoms. The molecule has 1 aliphatic carbocycles. The summed E-state index contributed by atoms with van der Waals surface area (Å²) in [5.41, 5.74) is 2.20. The van der Waals surface area contributed by atoms with E-state index in [0.29, 0.717) is 12.6 Å². The van der Waals surface area contributed by atoms with Crippen molar-refractivity contribution in [2.45, 2.75) is 65.1 Å². The summed E-state index contributed by atoms with van der Waals surface area (Å²) in [5, 5.41) is 8.91. The van der Waals surface area contributed by atoms with Crippen molar-refractivity contribution in [3.63, 3.8) is 0 Å². The van der Waals surface area contributed by atoms with Crippen molar-refractivity contribution in [2.24, 2.45) is 5.92 Å². The topological polar surface area (TPSA) is 68.2 Å². The molecule has 1 N–H and O–H groups in total. The van der Waals surface area contributed by atoms with Crippen molar-refractivity contribution in [2.75, 3.05) is 27.4 Å². The fraction of sp³-hybridized carbons (Fsp3) is 0.600. The normalized spacial score (nSPS) is 14.8. The van der Waals surface area contributed by atoms with E-state index in [-0.39, 0.29) is 12.4 Å². The first-order valence-corrected chi connectivity index (χ1v) is 11.9. The Morgan fingerprint density at radius 2 is 1.97 bits per heavy atom. The lowest BCUT2D eigenvalue weighted by molar-refractivity contribution is 0.123. The molecule has 0 aliphatic heterocycles. The number of methoxy groups -OCH3 is 2. The van der Waals surface area contributed by atoms with Gasteiger partial charge < -0.3 is 14.0 Å². The van der Waals surface area contributed by atoms with E-state index in [2.05, 4.69) is 51.8 Å². The molecule has 0 saturated heterocycles. The Balaban J connectivity index is 0.00000306. The number of H-pyrrole nitrogens is 1. The predicted octanol–water partition coefficient (Wildman–Crippen LogP) is 5.29. The minimum Gasteiger partial charge on any atom is -0.495 e. The number of fused-ring (bicyclic) bond motifs is 1. The summed E-state index contributed by atoms with van der Waals surface area (Å²) in [6, 6.07) is 6.65. The van der Waals surface area contributed by atoms with Gasteiger partial charge in [-0.2, -0.15) is 5.10 Å². The first kappa shape index (κ1) is 25.5. The van der Waals surface area contributed by atoms with E-state index in [1.807, 2.05) is 6.07 Å². The van der Waals surface area contributed by atoms with Crippen molar-refractivity contribution < 1.29 is 9.47 Å². The largest absolute Gasteiger partial charge is 0.495 e. The molecule has 0 unspecified atom stereocenters. The lowest BCUT2D eigenvalue weighted by atomic mass is 9.89. The van der Waals surface area contributed by atoms with E-state index in [1.165, 1.54) is 32.1 Å². The van der Waals surface area contributed by atoms with Gasteiger partial charge in [-0.15, -0.1) is 12.4 Å². The highest BCUT2D eigenvalue weighted by molar-refractivity contribution is 5.97. The summed E-state index contributed by atoms with van der Waals surface area (Å²) in [6.07, 6.45) is 8.89. The average Bonchev–Trinajstić information content (AvgIpc) is 3.41. The lowest BCUT2D eigenvalue weighted by Gasteiger charge is -2.24. The number of halogens is 1. The van der Waals surface area contributed by atoms with Gasteiger partial charge in [0.15, 0.2) is 5.82 Å². The van der Waals surface area contributed by atoms with Crippen molar-refractivity contribution in [3.05, 3.63) is 30.2 Å². The van der Waals surface area contributed by atoms with Crippen LogP contribution in [0, 0.1) is 5.92 Å². The van der Waals surface area contributed by atoms with Gasteiger partial charge in [-0.3, -0.25) is 10.00 Å². The van der Waals surface area contributed by atoms with Gasteiger partial charge in [0.2, 0.25) is 0 Å². The maximum Gasteiger partial charge on any atom is 0.183 e. The van der Waals surface area contributed by atoms with Crippen LogP contribution in [0.4, 0.5) is 0 Å². The zero-order valence-electron chi connectivity index (χ0n) is 20.3. The second-order valence-corrected chi connectivity index (χ2v) is 9.22. The molecule has 2 heterocycles. The molecule has 2 aromatic heterocycles. The smallest absolute Gasteiger partial charge is 0.183 e.